The lowest BCUT2D eigenvalue weighted by Crippen LogP contribution is -2.50. The summed E-state index contributed by atoms with van der Waals surface area (Å²) in [5.74, 6) is -0.619. The maximum atomic E-state index is 12.6. The third-order valence-corrected chi connectivity index (χ3v) is 6.69. The summed E-state index contributed by atoms with van der Waals surface area (Å²) in [5, 5.41) is 0. The highest BCUT2D eigenvalue weighted by Gasteiger charge is 2.29. The number of nitrogens with zero attached hydrogens (tertiary/aromatic N) is 3. The molecule has 2 amide bonds. The van der Waals surface area contributed by atoms with E-state index < -0.39 is 10.0 Å². The average molecular weight is 413 g/mol. The third-order valence-electron chi connectivity index (χ3n) is 4.77. The fourth-order valence-corrected chi connectivity index (χ4v) is 4.47. The van der Waals surface area contributed by atoms with E-state index in [4.69, 9.17) is 0 Å². The van der Waals surface area contributed by atoms with E-state index in [1.54, 1.807) is 54.4 Å². The summed E-state index contributed by atoms with van der Waals surface area (Å²) in [6.07, 6.45) is 2.48. The van der Waals surface area contributed by atoms with Crippen molar-refractivity contribution in [2.75, 3.05) is 38.1 Å². The van der Waals surface area contributed by atoms with Gasteiger partial charge in [-0.3, -0.25) is 9.59 Å². The number of para-hydroxylation sites is 1. The van der Waals surface area contributed by atoms with E-state index in [2.05, 4.69) is 0 Å². The van der Waals surface area contributed by atoms with E-state index in [1.807, 2.05) is 18.2 Å². The van der Waals surface area contributed by atoms with Crippen LogP contribution in [-0.4, -0.2) is 62.7 Å². The van der Waals surface area contributed by atoms with E-state index in [1.165, 1.54) is 21.4 Å². The second-order valence-electron chi connectivity index (χ2n) is 6.61. The molecular weight excluding hydrogens is 390 g/mol. The lowest BCUT2D eigenvalue weighted by molar-refractivity contribution is -0.127. The predicted molar refractivity (Wildman–Crippen MR) is 111 cm³/mol. The summed E-state index contributed by atoms with van der Waals surface area (Å²) in [6.45, 7) is 0.985. The molecule has 0 aromatic heterocycles. The van der Waals surface area contributed by atoms with Crippen LogP contribution in [0.1, 0.15) is 0 Å². The molecule has 3 rings (SSSR count). The quantitative estimate of drug-likeness (QED) is 0.700. The fourth-order valence-electron chi connectivity index (χ4n) is 3.03. The van der Waals surface area contributed by atoms with Crippen LogP contribution < -0.4 is 4.90 Å². The van der Waals surface area contributed by atoms with Gasteiger partial charge in [0.25, 0.3) is 5.91 Å². The smallest absolute Gasteiger partial charge is 0.250 e. The summed E-state index contributed by atoms with van der Waals surface area (Å²) in [6, 6.07) is 17.4. The summed E-state index contributed by atoms with van der Waals surface area (Å²) in [5.41, 5.74) is 0.731. The van der Waals surface area contributed by atoms with Gasteiger partial charge in [-0.15, -0.1) is 0 Å². The normalized spacial score (nSPS) is 15.4. The molecule has 2 aromatic carbocycles. The van der Waals surface area contributed by atoms with Crippen molar-refractivity contribution >= 4 is 27.5 Å². The number of piperazine rings is 1. The zero-order chi connectivity index (χ0) is 20.9. The molecule has 0 atom stereocenters. The average Bonchev–Trinajstić information content (AvgIpc) is 2.78. The fraction of sp³-hybridized carbons (Fsp3) is 0.238. The van der Waals surface area contributed by atoms with Crippen molar-refractivity contribution in [2.24, 2.45) is 0 Å². The van der Waals surface area contributed by atoms with Crippen molar-refractivity contribution in [3.8, 4) is 0 Å². The molecule has 8 heteroatoms. The van der Waals surface area contributed by atoms with Crippen molar-refractivity contribution in [3.63, 3.8) is 0 Å². The Bertz CT molecular complexity index is 983. The van der Waals surface area contributed by atoms with Gasteiger partial charge in [0, 0.05) is 51.1 Å². The Hall–Kier alpha value is -2.97. The molecule has 0 saturated carbocycles. The Balaban J connectivity index is 1.56. The molecule has 0 radical (unpaired) electrons. The highest BCUT2D eigenvalue weighted by Crippen LogP contribution is 2.17. The summed E-state index contributed by atoms with van der Waals surface area (Å²) in [4.78, 5) is 27.9. The van der Waals surface area contributed by atoms with Crippen LogP contribution in [0.5, 0.6) is 0 Å². The highest BCUT2D eigenvalue weighted by molar-refractivity contribution is 7.89. The maximum Gasteiger partial charge on any atom is 0.250 e. The molecule has 1 aliphatic rings. The summed E-state index contributed by atoms with van der Waals surface area (Å²) >= 11 is 0. The van der Waals surface area contributed by atoms with Gasteiger partial charge in [0.1, 0.15) is 0 Å². The lowest BCUT2D eigenvalue weighted by Gasteiger charge is -2.33. The number of benzene rings is 2. The maximum absolute atomic E-state index is 12.6. The van der Waals surface area contributed by atoms with Gasteiger partial charge in [-0.25, -0.2) is 8.42 Å². The number of likely N-dealkylation sites (N-methyl/N-ethyl adjacent to an activating group) is 1. The van der Waals surface area contributed by atoms with Crippen LogP contribution >= 0.6 is 0 Å². The summed E-state index contributed by atoms with van der Waals surface area (Å²) < 4.78 is 26.7. The first-order valence-corrected chi connectivity index (χ1v) is 10.7. The van der Waals surface area contributed by atoms with E-state index in [0.29, 0.717) is 0 Å². The van der Waals surface area contributed by atoms with Crippen LogP contribution in [0, 0.1) is 0 Å². The van der Waals surface area contributed by atoms with Crippen LogP contribution in [0.25, 0.3) is 0 Å². The van der Waals surface area contributed by atoms with Crippen LogP contribution in [0.3, 0.4) is 0 Å². The van der Waals surface area contributed by atoms with Gasteiger partial charge in [0.15, 0.2) is 0 Å². The number of hydrogen-bond donors (Lipinski definition) is 0. The molecule has 29 heavy (non-hydrogen) atoms. The van der Waals surface area contributed by atoms with Crippen molar-refractivity contribution in [3.05, 3.63) is 72.8 Å². The molecule has 7 nitrogen and oxygen atoms in total. The minimum absolute atomic E-state index is 0.217. The second-order valence-corrected chi connectivity index (χ2v) is 8.55. The molecule has 2 aromatic rings. The molecule has 0 spiro atoms. The number of hydrogen-bond acceptors (Lipinski definition) is 4. The van der Waals surface area contributed by atoms with Gasteiger partial charge in [0.2, 0.25) is 15.9 Å². The van der Waals surface area contributed by atoms with E-state index >= 15 is 0 Å². The molecule has 1 heterocycles. The van der Waals surface area contributed by atoms with Gasteiger partial charge in [0.05, 0.1) is 4.90 Å². The highest BCUT2D eigenvalue weighted by atomic mass is 32.2. The van der Waals surface area contributed by atoms with Crippen molar-refractivity contribution < 1.29 is 18.0 Å². The minimum atomic E-state index is -3.56. The number of carbonyl (C=O) groups is 2. The Labute approximate surface area is 170 Å². The van der Waals surface area contributed by atoms with Crippen LogP contribution in [0.2, 0.25) is 0 Å². The zero-order valence-corrected chi connectivity index (χ0v) is 17.0. The monoisotopic (exact) mass is 413 g/mol. The Morgan fingerprint density at radius 1 is 0.862 bits per heavy atom. The molecule has 0 bridgehead atoms. The molecule has 1 fully saturated rings. The van der Waals surface area contributed by atoms with Crippen LogP contribution in [-0.2, 0) is 19.6 Å². The topological polar surface area (TPSA) is 78.0 Å². The first-order chi connectivity index (χ1) is 13.9. The molecule has 1 aliphatic heterocycles. The molecule has 0 aliphatic carbocycles. The first kappa shape index (κ1) is 20.8. The molecular formula is C21H23N3O4S. The lowest BCUT2D eigenvalue weighted by atomic mass is 10.3. The predicted octanol–water partition coefficient (Wildman–Crippen LogP) is 1.74. The Morgan fingerprint density at radius 3 is 2.00 bits per heavy atom. The van der Waals surface area contributed by atoms with Crippen molar-refractivity contribution in [1.82, 2.24) is 9.21 Å². The van der Waals surface area contributed by atoms with Crippen molar-refractivity contribution in [1.29, 1.82) is 0 Å². The second kappa shape index (κ2) is 9.02. The van der Waals surface area contributed by atoms with Gasteiger partial charge in [-0.05, 0) is 24.3 Å². The van der Waals surface area contributed by atoms with Crippen LogP contribution in [0.4, 0.5) is 5.69 Å². The number of amides is 2. The zero-order valence-electron chi connectivity index (χ0n) is 16.1. The van der Waals surface area contributed by atoms with E-state index in [9.17, 15) is 18.0 Å². The van der Waals surface area contributed by atoms with E-state index in [-0.39, 0.29) is 42.9 Å². The first-order valence-electron chi connectivity index (χ1n) is 9.24. The van der Waals surface area contributed by atoms with E-state index in [0.717, 1.165) is 5.69 Å². The Morgan fingerprint density at radius 2 is 1.41 bits per heavy atom. The van der Waals surface area contributed by atoms with Gasteiger partial charge < -0.3 is 9.80 Å². The van der Waals surface area contributed by atoms with Gasteiger partial charge >= 0.3 is 0 Å². The molecule has 0 N–H and O–H groups in total. The minimum Gasteiger partial charge on any atom is -0.337 e. The van der Waals surface area contributed by atoms with Gasteiger partial charge in [-0.1, -0.05) is 36.4 Å². The standard InChI is InChI=1S/C21H23N3O4S/c1-22(18-8-4-2-5-9-18)20(25)12-13-21(26)23-14-16-24(17-15-23)29(27,28)19-10-6-3-7-11-19/h2-13H,14-17H2,1H3. The molecule has 1 saturated heterocycles. The largest absolute Gasteiger partial charge is 0.337 e. The Kier molecular flexibility index (Phi) is 6.46. The number of carbonyl (C=O) groups excluding carboxylic acids is 2. The third kappa shape index (κ3) is 4.90. The molecule has 0 unspecified atom stereocenters. The number of rotatable bonds is 5. The van der Waals surface area contributed by atoms with Crippen molar-refractivity contribution in [2.45, 2.75) is 4.90 Å². The summed E-state index contributed by atoms with van der Waals surface area (Å²) in [7, 11) is -1.92. The molecule has 152 valence electrons. The number of sulfonamides is 1. The SMILES string of the molecule is CN(C(=O)C=CC(=O)N1CCN(S(=O)(=O)c2ccccc2)CC1)c1ccccc1. The number of anilines is 1. The van der Waals surface area contributed by atoms with Gasteiger partial charge in [-0.2, -0.15) is 4.31 Å². The van der Waals surface area contributed by atoms with Crippen LogP contribution in [0.15, 0.2) is 77.7 Å².